The van der Waals surface area contributed by atoms with E-state index in [0.717, 1.165) is 12.1 Å². The number of amides is 1. The summed E-state index contributed by atoms with van der Waals surface area (Å²) in [6, 6.07) is 2.15. The SMILES string of the molecule is CNC(=O)c1cn(-c2cc(F)cc(C(F)(F)F)c2)c(C)n1. The molecular weight excluding hydrogens is 290 g/mol. The number of carbonyl (C=O) groups excluding carboxylic acids is 1. The lowest BCUT2D eigenvalue weighted by Gasteiger charge is -2.10. The molecule has 2 rings (SSSR count). The van der Waals surface area contributed by atoms with Gasteiger partial charge in [0.2, 0.25) is 0 Å². The van der Waals surface area contributed by atoms with Crippen molar-refractivity contribution in [2.45, 2.75) is 13.1 Å². The molecule has 1 amide bonds. The summed E-state index contributed by atoms with van der Waals surface area (Å²) in [4.78, 5) is 15.4. The van der Waals surface area contributed by atoms with E-state index in [1.807, 2.05) is 0 Å². The lowest BCUT2D eigenvalue weighted by atomic mass is 10.2. The molecule has 0 radical (unpaired) electrons. The fourth-order valence-electron chi connectivity index (χ4n) is 1.85. The highest BCUT2D eigenvalue weighted by Gasteiger charge is 2.31. The predicted molar refractivity (Wildman–Crippen MR) is 66.7 cm³/mol. The fourth-order valence-corrected chi connectivity index (χ4v) is 1.85. The third kappa shape index (κ3) is 3.04. The molecule has 112 valence electrons. The van der Waals surface area contributed by atoms with Gasteiger partial charge in [0.15, 0.2) is 0 Å². The van der Waals surface area contributed by atoms with Crippen LogP contribution in [0.2, 0.25) is 0 Å². The van der Waals surface area contributed by atoms with E-state index in [2.05, 4.69) is 10.3 Å². The molecule has 0 unspecified atom stereocenters. The van der Waals surface area contributed by atoms with Crippen LogP contribution in [0.5, 0.6) is 0 Å². The van der Waals surface area contributed by atoms with Crippen molar-refractivity contribution in [3.8, 4) is 5.69 Å². The second-order valence-electron chi connectivity index (χ2n) is 4.32. The summed E-state index contributed by atoms with van der Waals surface area (Å²) < 4.78 is 52.7. The highest BCUT2D eigenvalue weighted by molar-refractivity contribution is 5.92. The average Bonchev–Trinajstić information content (AvgIpc) is 2.78. The molecule has 0 aliphatic carbocycles. The zero-order chi connectivity index (χ0) is 15.8. The molecule has 0 aliphatic rings. The summed E-state index contributed by atoms with van der Waals surface area (Å²) in [5, 5.41) is 2.35. The summed E-state index contributed by atoms with van der Waals surface area (Å²) in [7, 11) is 1.40. The van der Waals surface area contributed by atoms with Gasteiger partial charge in [-0.15, -0.1) is 0 Å². The van der Waals surface area contributed by atoms with Crippen LogP contribution < -0.4 is 5.32 Å². The number of carbonyl (C=O) groups is 1. The molecule has 21 heavy (non-hydrogen) atoms. The van der Waals surface area contributed by atoms with E-state index in [9.17, 15) is 22.4 Å². The molecule has 0 aliphatic heterocycles. The van der Waals surface area contributed by atoms with Crippen molar-refractivity contribution in [3.05, 3.63) is 47.3 Å². The number of nitrogens with one attached hydrogen (secondary N) is 1. The van der Waals surface area contributed by atoms with Crippen molar-refractivity contribution < 1.29 is 22.4 Å². The van der Waals surface area contributed by atoms with E-state index < -0.39 is 23.5 Å². The fraction of sp³-hybridized carbons (Fsp3) is 0.231. The number of aryl methyl sites for hydroxylation is 1. The van der Waals surface area contributed by atoms with Crippen LogP contribution in [-0.2, 0) is 6.18 Å². The summed E-state index contributed by atoms with van der Waals surface area (Å²) in [5.74, 6) is -1.23. The Balaban J connectivity index is 2.54. The van der Waals surface area contributed by atoms with Crippen molar-refractivity contribution in [2.75, 3.05) is 7.05 Å². The smallest absolute Gasteiger partial charge is 0.354 e. The molecular formula is C13H11F4N3O. The molecule has 0 bridgehead atoms. The number of hydrogen-bond donors (Lipinski definition) is 1. The van der Waals surface area contributed by atoms with Crippen LogP contribution in [-0.4, -0.2) is 22.5 Å². The Bertz CT molecular complexity index is 691. The van der Waals surface area contributed by atoms with Crippen molar-refractivity contribution in [1.29, 1.82) is 0 Å². The highest BCUT2D eigenvalue weighted by Crippen LogP contribution is 2.31. The average molecular weight is 301 g/mol. The Morgan fingerprint density at radius 2 is 1.95 bits per heavy atom. The van der Waals surface area contributed by atoms with Gasteiger partial charge < -0.3 is 9.88 Å². The van der Waals surface area contributed by atoms with Gasteiger partial charge in [-0.3, -0.25) is 4.79 Å². The van der Waals surface area contributed by atoms with Crippen LogP contribution in [0.15, 0.2) is 24.4 Å². The lowest BCUT2D eigenvalue weighted by molar-refractivity contribution is -0.137. The summed E-state index contributed by atoms with van der Waals surface area (Å²) >= 11 is 0. The minimum atomic E-state index is -4.66. The highest BCUT2D eigenvalue weighted by atomic mass is 19.4. The van der Waals surface area contributed by atoms with Crippen LogP contribution in [0.3, 0.4) is 0 Å². The minimum absolute atomic E-state index is 0.0350. The van der Waals surface area contributed by atoms with Gasteiger partial charge in [-0.1, -0.05) is 0 Å². The molecule has 1 heterocycles. The Labute approximate surface area is 117 Å². The Morgan fingerprint density at radius 3 is 2.52 bits per heavy atom. The number of halogens is 4. The van der Waals surface area contributed by atoms with Gasteiger partial charge in [-0.2, -0.15) is 13.2 Å². The number of imidazole rings is 1. The van der Waals surface area contributed by atoms with E-state index in [1.165, 1.54) is 24.7 Å². The van der Waals surface area contributed by atoms with Gasteiger partial charge in [0.05, 0.1) is 11.3 Å². The number of nitrogens with zero attached hydrogens (tertiary/aromatic N) is 2. The number of hydrogen-bond acceptors (Lipinski definition) is 2. The maximum atomic E-state index is 13.4. The first-order valence-electron chi connectivity index (χ1n) is 5.88. The molecule has 1 N–H and O–H groups in total. The second kappa shape index (κ2) is 5.19. The first-order valence-corrected chi connectivity index (χ1v) is 5.88. The standard InChI is InChI=1S/C13H11F4N3O/c1-7-19-11(12(21)18-2)6-20(7)10-4-8(13(15,16)17)3-9(14)5-10/h3-6H,1-2H3,(H,18,21). The first kappa shape index (κ1) is 15.0. The Kier molecular flexibility index (Phi) is 3.71. The van der Waals surface area contributed by atoms with Gasteiger partial charge in [0, 0.05) is 13.2 Å². The van der Waals surface area contributed by atoms with E-state index in [0.29, 0.717) is 6.07 Å². The molecule has 0 spiro atoms. The third-order valence-electron chi connectivity index (χ3n) is 2.83. The molecule has 4 nitrogen and oxygen atoms in total. The van der Waals surface area contributed by atoms with Crippen LogP contribution in [0.1, 0.15) is 21.9 Å². The molecule has 0 fully saturated rings. The number of aromatic nitrogens is 2. The van der Waals surface area contributed by atoms with E-state index in [-0.39, 0.29) is 17.2 Å². The summed E-state index contributed by atoms with van der Waals surface area (Å²) in [5.41, 5.74) is -1.12. The van der Waals surface area contributed by atoms with E-state index in [1.54, 1.807) is 0 Å². The van der Waals surface area contributed by atoms with Gasteiger partial charge in [0.25, 0.3) is 5.91 Å². The molecule has 2 aromatic rings. The van der Waals surface area contributed by atoms with Crippen LogP contribution in [0.25, 0.3) is 5.69 Å². The Morgan fingerprint density at radius 1 is 1.29 bits per heavy atom. The van der Waals surface area contributed by atoms with Crippen molar-refractivity contribution in [3.63, 3.8) is 0 Å². The first-order chi connectivity index (χ1) is 9.72. The van der Waals surface area contributed by atoms with Crippen LogP contribution >= 0.6 is 0 Å². The van der Waals surface area contributed by atoms with Crippen LogP contribution in [0.4, 0.5) is 17.6 Å². The molecule has 8 heteroatoms. The predicted octanol–water partition coefficient (Wildman–Crippen LogP) is 2.70. The van der Waals surface area contributed by atoms with Crippen molar-refractivity contribution in [1.82, 2.24) is 14.9 Å². The second-order valence-corrected chi connectivity index (χ2v) is 4.32. The van der Waals surface area contributed by atoms with Gasteiger partial charge in [0.1, 0.15) is 17.3 Å². The monoisotopic (exact) mass is 301 g/mol. The number of rotatable bonds is 2. The molecule has 1 aromatic heterocycles. The van der Waals surface area contributed by atoms with E-state index >= 15 is 0 Å². The van der Waals surface area contributed by atoms with E-state index in [4.69, 9.17) is 0 Å². The van der Waals surface area contributed by atoms with Crippen molar-refractivity contribution >= 4 is 5.91 Å². The third-order valence-corrected chi connectivity index (χ3v) is 2.83. The topological polar surface area (TPSA) is 46.9 Å². The zero-order valence-electron chi connectivity index (χ0n) is 11.1. The molecule has 1 aromatic carbocycles. The van der Waals surface area contributed by atoms with Crippen LogP contribution in [0, 0.1) is 12.7 Å². The quantitative estimate of drug-likeness (QED) is 0.867. The van der Waals surface area contributed by atoms with Gasteiger partial charge in [-0.25, -0.2) is 9.37 Å². The summed E-state index contributed by atoms with van der Waals surface area (Å²) in [6.45, 7) is 1.50. The van der Waals surface area contributed by atoms with Crippen molar-refractivity contribution in [2.24, 2.45) is 0 Å². The molecule has 0 saturated carbocycles. The minimum Gasteiger partial charge on any atom is -0.354 e. The zero-order valence-corrected chi connectivity index (χ0v) is 11.1. The number of benzene rings is 1. The largest absolute Gasteiger partial charge is 0.416 e. The normalized spacial score (nSPS) is 11.5. The lowest BCUT2D eigenvalue weighted by Crippen LogP contribution is -2.18. The summed E-state index contributed by atoms with van der Waals surface area (Å²) in [6.07, 6.45) is -3.40. The van der Waals surface area contributed by atoms with Gasteiger partial charge >= 0.3 is 6.18 Å². The number of alkyl halides is 3. The maximum Gasteiger partial charge on any atom is 0.416 e. The van der Waals surface area contributed by atoms with Gasteiger partial charge in [-0.05, 0) is 25.1 Å². The molecule has 0 atom stereocenters. The Hall–Kier alpha value is -2.38. The maximum absolute atomic E-state index is 13.4. The molecule has 0 saturated heterocycles.